The Kier molecular flexibility index (Phi) is 9.38. The number of rotatable bonds is 9. The standard InChI is InChI=1S/C17H25N5O4.ClH/c1-5-21(6-2)11-12-22-19-15(16(20-22)26-17(23)25-4)18-13-7-9-14(24-3)10-8-13;/h7-10H,5-6,11-12H2,1-4H3,(H,18,19);1H. The van der Waals surface area contributed by atoms with Crippen LogP contribution in [-0.2, 0) is 11.3 Å². The average Bonchev–Trinajstić information content (AvgIpc) is 3.04. The van der Waals surface area contributed by atoms with Crippen LogP contribution in [0.5, 0.6) is 11.6 Å². The predicted octanol–water partition coefficient (Wildman–Crippen LogP) is 2.94. The van der Waals surface area contributed by atoms with Gasteiger partial charge in [0.15, 0.2) is 0 Å². The highest BCUT2D eigenvalue weighted by molar-refractivity contribution is 5.85. The van der Waals surface area contributed by atoms with Crippen LogP contribution >= 0.6 is 12.4 Å². The molecule has 0 bridgehead atoms. The number of hydrogen-bond donors (Lipinski definition) is 1. The molecule has 0 spiro atoms. The monoisotopic (exact) mass is 399 g/mol. The smallest absolute Gasteiger partial charge is 0.497 e. The largest absolute Gasteiger partial charge is 0.515 e. The fourth-order valence-electron chi connectivity index (χ4n) is 2.28. The van der Waals surface area contributed by atoms with Gasteiger partial charge in [-0.2, -0.15) is 4.80 Å². The van der Waals surface area contributed by atoms with Crippen molar-refractivity contribution in [2.45, 2.75) is 20.4 Å². The number of nitrogens with zero attached hydrogens (tertiary/aromatic N) is 4. The molecule has 0 saturated heterocycles. The maximum Gasteiger partial charge on any atom is 0.515 e. The quantitative estimate of drug-likeness (QED) is 0.643. The predicted molar refractivity (Wildman–Crippen MR) is 104 cm³/mol. The van der Waals surface area contributed by atoms with E-state index in [2.05, 4.69) is 39.0 Å². The number of carbonyl (C=O) groups is 1. The second-order valence-corrected chi connectivity index (χ2v) is 5.39. The lowest BCUT2D eigenvalue weighted by Gasteiger charge is -2.16. The topological polar surface area (TPSA) is 90.7 Å². The maximum atomic E-state index is 11.5. The van der Waals surface area contributed by atoms with Crippen molar-refractivity contribution in [2.24, 2.45) is 0 Å². The molecular formula is C17H26ClN5O4. The number of aromatic nitrogens is 3. The van der Waals surface area contributed by atoms with Gasteiger partial charge >= 0.3 is 6.16 Å². The van der Waals surface area contributed by atoms with E-state index in [1.165, 1.54) is 11.9 Å². The molecule has 150 valence electrons. The molecule has 0 radical (unpaired) electrons. The Morgan fingerprint density at radius 3 is 2.37 bits per heavy atom. The van der Waals surface area contributed by atoms with E-state index in [9.17, 15) is 4.79 Å². The molecule has 0 unspecified atom stereocenters. The zero-order chi connectivity index (χ0) is 18.9. The van der Waals surface area contributed by atoms with Crippen molar-refractivity contribution in [3.05, 3.63) is 24.3 Å². The van der Waals surface area contributed by atoms with Gasteiger partial charge in [-0.1, -0.05) is 13.8 Å². The highest BCUT2D eigenvalue weighted by Crippen LogP contribution is 2.25. The van der Waals surface area contributed by atoms with Crippen LogP contribution in [0.1, 0.15) is 13.8 Å². The molecule has 1 aromatic heterocycles. The lowest BCUT2D eigenvalue weighted by atomic mass is 10.3. The van der Waals surface area contributed by atoms with Crippen LogP contribution in [0.25, 0.3) is 0 Å². The maximum absolute atomic E-state index is 11.5. The number of ether oxygens (including phenoxy) is 3. The van der Waals surface area contributed by atoms with Gasteiger partial charge < -0.3 is 24.4 Å². The van der Waals surface area contributed by atoms with E-state index in [1.54, 1.807) is 7.11 Å². The summed E-state index contributed by atoms with van der Waals surface area (Å²) in [6.07, 6.45) is -0.849. The van der Waals surface area contributed by atoms with Gasteiger partial charge in [-0.05, 0) is 37.4 Å². The highest BCUT2D eigenvalue weighted by atomic mass is 35.5. The van der Waals surface area contributed by atoms with Crippen molar-refractivity contribution >= 4 is 30.1 Å². The Labute approximate surface area is 165 Å². The molecule has 1 heterocycles. The van der Waals surface area contributed by atoms with Gasteiger partial charge in [0, 0.05) is 12.2 Å². The number of anilines is 2. The van der Waals surface area contributed by atoms with Crippen LogP contribution < -0.4 is 14.8 Å². The van der Waals surface area contributed by atoms with Gasteiger partial charge in [-0.25, -0.2) is 4.79 Å². The zero-order valence-corrected chi connectivity index (χ0v) is 16.8. The third-order valence-electron chi connectivity index (χ3n) is 3.83. The summed E-state index contributed by atoms with van der Waals surface area (Å²) >= 11 is 0. The van der Waals surface area contributed by atoms with Gasteiger partial charge in [0.1, 0.15) is 5.75 Å². The lowest BCUT2D eigenvalue weighted by Crippen LogP contribution is -2.27. The van der Waals surface area contributed by atoms with E-state index >= 15 is 0 Å². The second kappa shape index (κ2) is 11.2. The Hall–Kier alpha value is -2.52. The van der Waals surface area contributed by atoms with E-state index in [0.717, 1.165) is 31.1 Å². The summed E-state index contributed by atoms with van der Waals surface area (Å²) in [5.74, 6) is 1.14. The van der Waals surface area contributed by atoms with Crippen LogP contribution in [0.3, 0.4) is 0 Å². The van der Waals surface area contributed by atoms with Crippen LogP contribution in [0, 0.1) is 0 Å². The van der Waals surface area contributed by atoms with Crippen molar-refractivity contribution in [2.75, 3.05) is 39.2 Å². The van der Waals surface area contributed by atoms with Crippen LogP contribution in [0.2, 0.25) is 0 Å². The summed E-state index contributed by atoms with van der Waals surface area (Å²) in [5.41, 5.74) is 0.760. The first-order valence-corrected chi connectivity index (χ1v) is 8.43. The van der Waals surface area contributed by atoms with Gasteiger partial charge in [0.05, 0.1) is 20.8 Å². The van der Waals surface area contributed by atoms with Crippen LogP contribution in [-0.4, -0.2) is 59.9 Å². The van der Waals surface area contributed by atoms with Crippen molar-refractivity contribution in [3.63, 3.8) is 0 Å². The molecule has 1 aromatic carbocycles. The molecule has 0 aliphatic heterocycles. The number of hydrogen-bond acceptors (Lipinski definition) is 8. The second-order valence-electron chi connectivity index (χ2n) is 5.39. The summed E-state index contributed by atoms with van der Waals surface area (Å²) in [6, 6.07) is 7.29. The summed E-state index contributed by atoms with van der Waals surface area (Å²) in [5, 5.41) is 11.7. The molecule has 0 amide bonds. The fraction of sp³-hybridized carbons (Fsp3) is 0.471. The summed E-state index contributed by atoms with van der Waals surface area (Å²) in [6.45, 7) is 7.45. The fourth-order valence-corrected chi connectivity index (χ4v) is 2.28. The van der Waals surface area contributed by atoms with Crippen molar-refractivity contribution in [1.82, 2.24) is 19.9 Å². The van der Waals surface area contributed by atoms with Gasteiger partial charge in [0.25, 0.3) is 5.88 Å². The van der Waals surface area contributed by atoms with Crippen LogP contribution in [0.15, 0.2) is 24.3 Å². The molecule has 10 heteroatoms. The van der Waals surface area contributed by atoms with Gasteiger partial charge in [-0.3, -0.25) is 0 Å². The number of carbonyl (C=O) groups excluding carboxylic acids is 1. The molecule has 1 N–H and O–H groups in total. The molecule has 0 aliphatic rings. The third kappa shape index (κ3) is 6.61. The normalized spacial score (nSPS) is 10.3. The van der Waals surface area contributed by atoms with Gasteiger partial charge in [0.2, 0.25) is 5.82 Å². The molecule has 2 rings (SSSR count). The molecule has 27 heavy (non-hydrogen) atoms. The lowest BCUT2D eigenvalue weighted by molar-refractivity contribution is 0.119. The number of halogens is 1. The minimum absolute atomic E-state index is 0. The molecule has 9 nitrogen and oxygen atoms in total. The van der Waals surface area contributed by atoms with Crippen molar-refractivity contribution in [3.8, 4) is 11.6 Å². The van der Waals surface area contributed by atoms with Crippen LogP contribution in [0.4, 0.5) is 16.3 Å². The first kappa shape index (κ1) is 22.5. The zero-order valence-electron chi connectivity index (χ0n) is 16.0. The first-order valence-electron chi connectivity index (χ1n) is 8.43. The Balaban J connectivity index is 0.00000364. The Morgan fingerprint density at radius 2 is 1.81 bits per heavy atom. The molecule has 0 atom stereocenters. The number of benzene rings is 1. The van der Waals surface area contributed by atoms with E-state index in [0.29, 0.717) is 12.4 Å². The van der Waals surface area contributed by atoms with E-state index in [-0.39, 0.29) is 18.3 Å². The number of nitrogens with one attached hydrogen (secondary N) is 1. The number of likely N-dealkylation sites (N-methyl/N-ethyl adjacent to an activating group) is 1. The number of methoxy groups -OCH3 is 2. The Bertz CT molecular complexity index is 704. The van der Waals surface area contributed by atoms with Crippen molar-refractivity contribution in [1.29, 1.82) is 0 Å². The summed E-state index contributed by atoms with van der Waals surface area (Å²) in [7, 11) is 2.84. The SMILES string of the molecule is CCN(CC)CCn1nc(Nc2ccc(OC)cc2)c(OC(=O)OC)n1.Cl. The van der Waals surface area contributed by atoms with E-state index in [4.69, 9.17) is 9.47 Å². The molecule has 0 aliphatic carbocycles. The molecule has 0 saturated carbocycles. The Morgan fingerprint density at radius 1 is 1.15 bits per heavy atom. The van der Waals surface area contributed by atoms with Crippen molar-refractivity contribution < 1.29 is 19.0 Å². The third-order valence-corrected chi connectivity index (χ3v) is 3.83. The highest BCUT2D eigenvalue weighted by Gasteiger charge is 2.17. The average molecular weight is 400 g/mol. The summed E-state index contributed by atoms with van der Waals surface area (Å²) in [4.78, 5) is 15.2. The minimum atomic E-state index is -0.849. The molecule has 0 fully saturated rings. The molecule has 2 aromatic rings. The minimum Gasteiger partial charge on any atom is -0.497 e. The van der Waals surface area contributed by atoms with Gasteiger partial charge in [-0.15, -0.1) is 22.6 Å². The molecular weight excluding hydrogens is 374 g/mol. The summed E-state index contributed by atoms with van der Waals surface area (Å²) < 4.78 is 14.8. The first-order chi connectivity index (χ1) is 12.6. The van der Waals surface area contributed by atoms with E-state index in [1.807, 2.05) is 24.3 Å². The van der Waals surface area contributed by atoms with E-state index < -0.39 is 6.16 Å².